The standard InChI is InChI=1S/C22H16F2N2O3/c23-13-6-7-15(24)12(10-13)11-25-16-8-9-17(27)20(25)19-18(16)21(28)26(22(19)29)14-4-2-1-3-5-14/h1-10,16,18-20H,11H2. The van der Waals surface area contributed by atoms with Crippen LogP contribution in [0.15, 0.2) is 60.7 Å². The van der Waals surface area contributed by atoms with Gasteiger partial charge in [-0.1, -0.05) is 24.3 Å². The Labute approximate surface area is 165 Å². The van der Waals surface area contributed by atoms with Gasteiger partial charge in [-0.3, -0.25) is 19.3 Å². The summed E-state index contributed by atoms with van der Waals surface area (Å²) in [7, 11) is 0. The molecule has 3 aliphatic rings. The minimum atomic E-state index is -0.872. The van der Waals surface area contributed by atoms with Crippen molar-refractivity contribution in [1.82, 2.24) is 4.90 Å². The first-order chi connectivity index (χ1) is 14.0. The van der Waals surface area contributed by atoms with Crippen molar-refractivity contribution < 1.29 is 23.2 Å². The van der Waals surface area contributed by atoms with Gasteiger partial charge in [0.2, 0.25) is 11.8 Å². The summed E-state index contributed by atoms with van der Waals surface area (Å²) in [5, 5.41) is 0. The number of fused-ring (bicyclic) bond motifs is 5. The van der Waals surface area contributed by atoms with E-state index in [9.17, 15) is 23.2 Å². The monoisotopic (exact) mass is 394 g/mol. The molecule has 2 aromatic rings. The topological polar surface area (TPSA) is 57.7 Å². The molecule has 146 valence electrons. The van der Waals surface area contributed by atoms with E-state index < -0.39 is 41.5 Å². The molecular formula is C22H16F2N2O3. The molecule has 3 heterocycles. The highest BCUT2D eigenvalue weighted by Crippen LogP contribution is 2.47. The molecule has 2 fully saturated rings. The zero-order valence-electron chi connectivity index (χ0n) is 15.2. The molecule has 0 aliphatic carbocycles. The smallest absolute Gasteiger partial charge is 0.239 e. The lowest BCUT2D eigenvalue weighted by Gasteiger charge is -2.33. The summed E-state index contributed by atoms with van der Waals surface area (Å²) in [5.74, 6) is -3.86. The van der Waals surface area contributed by atoms with E-state index in [0.717, 1.165) is 23.1 Å². The molecule has 0 spiro atoms. The highest BCUT2D eigenvalue weighted by atomic mass is 19.1. The predicted octanol–water partition coefficient (Wildman–Crippen LogP) is 2.46. The fourth-order valence-electron chi connectivity index (χ4n) is 4.76. The van der Waals surface area contributed by atoms with Gasteiger partial charge in [-0.15, -0.1) is 0 Å². The first-order valence-corrected chi connectivity index (χ1v) is 9.32. The summed E-state index contributed by atoms with van der Waals surface area (Å²) in [4.78, 5) is 41.8. The Morgan fingerprint density at radius 1 is 0.897 bits per heavy atom. The van der Waals surface area contributed by atoms with Crippen LogP contribution in [-0.2, 0) is 20.9 Å². The zero-order chi connectivity index (χ0) is 20.3. The van der Waals surface area contributed by atoms with Gasteiger partial charge in [-0.05, 0) is 36.4 Å². The van der Waals surface area contributed by atoms with E-state index in [1.165, 1.54) is 6.08 Å². The molecule has 5 rings (SSSR count). The van der Waals surface area contributed by atoms with Crippen LogP contribution in [0.4, 0.5) is 14.5 Å². The molecule has 7 heteroatoms. The van der Waals surface area contributed by atoms with Crippen molar-refractivity contribution in [1.29, 1.82) is 0 Å². The Bertz CT molecular complexity index is 1070. The molecule has 0 saturated carbocycles. The van der Waals surface area contributed by atoms with Crippen LogP contribution in [-0.4, -0.2) is 34.6 Å². The molecular weight excluding hydrogens is 378 g/mol. The fraction of sp³-hybridized carbons (Fsp3) is 0.227. The van der Waals surface area contributed by atoms with E-state index in [-0.39, 0.29) is 23.8 Å². The third kappa shape index (κ3) is 2.57. The number of imide groups is 1. The maximum absolute atomic E-state index is 14.2. The lowest BCUT2D eigenvalue weighted by molar-refractivity contribution is -0.129. The normalized spacial score (nSPS) is 28.3. The van der Waals surface area contributed by atoms with E-state index in [4.69, 9.17) is 0 Å². The molecule has 2 amide bonds. The molecule has 2 bridgehead atoms. The highest BCUT2D eigenvalue weighted by molar-refractivity contribution is 6.24. The Balaban J connectivity index is 1.53. The van der Waals surface area contributed by atoms with Gasteiger partial charge in [0.25, 0.3) is 0 Å². The first kappa shape index (κ1) is 17.9. The van der Waals surface area contributed by atoms with Crippen molar-refractivity contribution in [3.63, 3.8) is 0 Å². The quantitative estimate of drug-likeness (QED) is 0.751. The predicted molar refractivity (Wildman–Crippen MR) is 99.5 cm³/mol. The van der Waals surface area contributed by atoms with Crippen LogP contribution in [0.3, 0.4) is 0 Å². The second kappa shape index (κ2) is 6.42. The van der Waals surface area contributed by atoms with Crippen LogP contribution in [0.1, 0.15) is 5.56 Å². The van der Waals surface area contributed by atoms with Crippen molar-refractivity contribution in [2.45, 2.75) is 18.6 Å². The average molecular weight is 394 g/mol. The second-order valence-corrected chi connectivity index (χ2v) is 7.50. The number of para-hydroxylation sites is 1. The molecule has 0 radical (unpaired) electrons. The average Bonchev–Trinajstić information content (AvgIpc) is 3.09. The van der Waals surface area contributed by atoms with Crippen molar-refractivity contribution in [3.05, 3.63) is 77.9 Å². The Hall–Kier alpha value is -3.19. The van der Waals surface area contributed by atoms with Crippen LogP contribution in [0.2, 0.25) is 0 Å². The van der Waals surface area contributed by atoms with Crippen molar-refractivity contribution in [3.8, 4) is 0 Å². The lowest BCUT2D eigenvalue weighted by atomic mass is 9.90. The van der Waals surface area contributed by atoms with Crippen molar-refractivity contribution >= 4 is 23.3 Å². The number of carbonyl (C=O) groups excluding carboxylic acids is 3. The fourth-order valence-corrected chi connectivity index (χ4v) is 4.76. The number of carbonyl (C=O) groups is 3. The van der Waals surface area contributed by atoms with Gasteiger partial charge < -0.3 is 0 Å². The van der Waals surface area contributed by atoms with Gasteiger partial charge in [0.05, 0.1) is 23.6 Å². The minimum Gasteiger partial charge on any atom is -0.293 e. The Morgan fingerprint density at radius 2 is 1.62 bits per heavy atom. The minimum absolute atomic E-state index is 0.0616. The molecule has 0 aromatic heterocycles. The summed E-state index contributed by atoms with van der Waals surface area (Å²) in [5.41, 5.74) is 0.553. The maximum Gasteiger partial charge on any atom is 0.239 e. The molecule has 0 N–H and O–H groups in total. The third-order valence-corrected chi connectivity index (χ3v) is 5.97. The van der Waals surface area contributed by atoms with Crippen LogP contribution >= 0.6 is 0 Å². The van der Waals surface area contributed by atoms with Crippen LogP contribution in [0.25, 0.3) is 0 Å². The molecule has 29 heavy (non-hydrogen) atoms. The van der Waals surface area contributed by atoms with Gasteiger partial charge in [0.15, 0.2) is 5.78 Å². The molecule has 2 aromatic carbocycles. The number of anilines is 1. The number of rotatable bonds is 3. The third-order valence-electron chi connectivity index (χ3n) is 5.97. The van der Waals surface area contributed by atoms with Gasteiger partial charge >= 0.3 is 0 Å². The lowest BCUT2D eigenvalue weighted by Crippen LogP contribution is -2.48. The van der Waals surface area contributed by atoms with Gasteiger partial charge in [0.1, 0.15) is 11.6 Å². The summed E-state index contributed by atoms with van der Waals surface area (Å²) >= 11 is 0. The largest absolute Gasteiger partial charge is 0.293 e. The SMILES string of the molecule is O=C1C=CC2C3C(=O)N(c4ccccc4)C(=O)C3C1N2Cc1cc(F)ccc1F. The number of ketones is 1. The van der Waals surface area contributed by atoms with E-state index in [1.807, 2.05) is 0 Å². The maximum atomic E-state index is 14.2. The van der Waals surface area contributed by atoms with Crippen LogP contribution in [0.5, 0.6) is 0 Å². The number of benzene rings is 2. The highest BCUT2D eigenvalue weighted by Gasteiger charge is 2.64. The molecule has 5 nitrogen and oxygen atoms in total. The van der Waals surface area contributed by atoms with Gasteiger partial charge in [0, 0.05) is 18.2 Å². The van der Waals surface area contributed by atoms with Gasteiger partial charge in [-0.2, -0.15) is 0 Å². The van der Waals surface area contributed by atoms with Crippen molar-refractivity contribution in [2.24, 2.45) is 11.8 Å². The summed E-state index contributed by atoms with van der Waals surface area (Å²) in [6.45, 7) is -0.0616. The second-order valence-electron chi connectivity index (χ2n) is 7.50. The first-order valence-electron chi connectivity index (χ1n) is 9.32. The van der Waals surface area contributed by atoms with Crippen LogP contribution in [0, 0.1) is 23.5 Å². The Kier molecular flexibility index (Phi) is 3.96. The van der Waals surface area contributed by atoms with Crippen LogP contribution < -0.4 is 4.90 Å². The number of hydrogen-bond donors (Lipinski definition) is 0. The van der Waals surface area contributed by atoms with Crippen molar-refractivity contribution in [2.75, 3.05) is 4.90 Å². The zero-order valence-corrected chi connectivity index (χ0v) is 15.2. The Morgan fingerprint density at radius 3 is 2.38 bits per heavy atom. The summed E-state index contributed by atoms with van der Waals surface area (Å²) < 4.78 is 27.8. The molecule has 3 aliphatic heterocycles. The summed E-state index contributed by atoms with van der Waals surface area (Å²) in [6, 6.07) is 10.3. The van der Waals surface area contributed by atoms with E-state index in [0.29, 0.717) is 5.69 Å². The number of hydrogen-bond acceptors (Lipinski definition) is 4. The molecule has 4 atom stereocenters. The number of halogens is 2. The number of nitrogens with zero attached hydrogens (tertiary/aromatic N) is 2. The van der Waals surface area contributed by atoms with E-state index >= 15 is 0 Å². The summed E-state index contributed by atoms with van der Waals surface area (Å²) in [6.07, 6.45) is 2.99. The number of amides is 2. The van der Waals surface area contributed by atoms with E-state index in [1.54, 1.807) is 41.3 Å². The molecule has 4 unspecified atom stereocenters. The van der Waals surface area contributed by atoms with Gasteiger partial charge in [-0.25, -0.2) is 13.7 Å². The molecule has 2 saturated heterocycles. The van der Waals surface area contributed by atoms with E-state index in [2.05, 4.69) is 0 Å².